The Labute approximate surface area is 184 Å². The molecular weight excluding hydrogens is 468 g/mol. The first-order valence-corrected chi connectivity index (χ1v) is 9.99. The Morgan fingerprint density at radius 3 is 2.19 bits per heavy atom. The van der Waals surface area contributed by atoms with Crippen LogP contribution < -0.4 is 5.32 Å². The summed E-state index contributed by atoms with van der Waals surface area (Å²) in [5.74, 6) is -1.62. The Balaban J connectivity index is 1.58. The fourth-order valence-corrected chi connectivity index (χ4v) is 4.22. The zero-order chi connectivity index (χ0) is 22.1. The summed E-state index contributed by atoms with van der Waals surface area (Å²) in [7, 11) is 0. The van der Waals surface area contributed by atoms with Crippen LogP contribution in [0.15, 0.2) is 65.1 Å². The molecular formula is C22H15BrN2O6. The van der Waals surface area contributed by atoms with Crippen molar-refractivity contribution in [3.63, 3.8) is 0 Å². The van der Waals surface area contributed by atoms with Crippen LogP contribution in [0, 0.1) is 10.1 Å². The normalized spacial score (nSPS) is 12.0. The molecule has 1 aliphatic carbocycles. The van der Waals surface area contributed by atoms with E-state index >= 15 is 0 Å². The van der Waals surface area contributed by atoms with Gasteiger partial charge in [0.25, 0.3) is 5.69 Å². The number of carbonyl (C=O) groups excluding carboxylic acids is 1. The van der Waals surface area contributed by atoms with Gasteiger partial charge < -0.3 is 9.84 Å². The summed E-state index contributed by atoms with van der Waals surface area (Å²) >= 11 is 3.04. The Hall–Kier alpha value is -3.72. The van der Waals surface area contributed by atoms with Crippen molar-refractivity contribution < 1.29 is 24.4 Å². The van der Waals surface area contributed by atoms with E-state index < -0.39 is 33.9 Å². The van der Waals surface area contributed by atoms with Crippen LogP contribution in [0.2, 0.25) is 0 Å². The molecule has 0 heterocycles. The summed E-state index contributed by atoms with van der Waals surface area (Å²) in [6, 6.07) is 17.9. The number of hydrogen-bond donors (Lipinski definition) is 2. The number of halogens is 1. The average molecular weight is 483 g/mol. The standard InChI is InChI=1S/C22H15BrN2O6/c23-12-9-17(21(26)27)20(19(10-12)25(29)30)24-22(28)31-11-18-15-7-3-1-5-13(15)14-6-2-4-8-16(14)18/h1-10,18H,11H2,(H,24,28)(H,26,27). The Morgan fingerprint density at radius 1 is 1.06 bits per heavy atom. The van der Waals surface area contributed by atoms with Gasteiger partial charge in [0.05, 0.1) is 10.5 Å². The van der Waals surface area contributed by atoms with Gasteiger partial charge in [-0.1, -0.05) is 64.5 Å². The lowest BCUT2D eigenvalue weighted by Crippen LogP contribution is -2.20. The van der Waals surface area contributed by atoms with Gasteiger partial charge in [-0.25, -0.2) is 9.59 Å². The highest BCUT2D eigenvalue weighted by Crippen LogP contribution is 2.44. The fourth-order valence-electron chi connectivity index (χ4n) is 3.77. The molecule has 156 valence electrons. The number of nitrogens with one attached hydrogen (secondary N) is 1. The molecule has 0 atom stereocenters. The molecule has 9 heteroatoms. The molecule has 0 saturated carbocycles. The number of ether oxygens (including phenoxy) is 1. The maximum absolute atomic E-state index is 12.5. The van der Waals surface area contributed by atoms with Crippen LogP contribution in [0.3, 0.4) is 0 Å². The number of carbonyl (C=O) groups is 2. The number of carboxylic acids is 1. The van der Waals surface area contributed by atoms with Crippen molar-refractivity contribution in [2.45, 2.75) is 5.92 Å². The summed E-state index contributed by atoms with van der Waals surface area (Å²) in [6.07, 6.45) is -0.977. The first-order valence-electron chi connectivity index (χ1n) is 9.20. The first-order chi connectivity index (χ1) is 14.9. The number of carboxylic acid groups (broad SMARTS) is 1. The van der Waals surface area contributed by atoms with Gasteiger partial charge in [-0.3, -0.25) is 15.4 Å². The molecule has 4 rings (SSSR count). The molecule has 0 unspecified atom stereocenters. The van der Waals surface area contributed by atoms with Crippen molar-refractivity contribution in [3.8, 4) is 11.1 Å². The van der Waals surface area contributed by atoms with Crippen molar-refractivity contribution in [1.29, 1.82) is 0 Å². The van der Waals surface area contributed by atoms with E-state index in [9.17, 15) is 24.8 Å². The molecule has 1 aliphatic rings. The minimum atomic E-state index is -1.42. The molecule has 0 bridgehead atoms. The second-order valence-electron chi connectivity index (χ2n) is 6.86. The van der Waals surface area contributed by atoms with Crippen molar-refractivity contribution in [3.05, 3.63) is 91.9 Å². The molecule has 3 aromatic carbocycles. The van der Waals surface area contributed by atoms with Crippen LogP contribution in [0.25, 0.3) is 11.1 Å². The van der Waals surface area contributed by atoms with E-state index in [4.69, 9.17) is 4.74 Å². The summed E-state index contributed by atoms with van der Waals surface area (Å²) in [5, 5.41) is 23.0. The number of fused-ring (bicyclic) bond motifs is 3. The number of hydrogen-bond acceptors (Lipinski definition) is 5. The Bertz CT molecular complexity index is 1150. The van der Waals surface area contributed by atoms with Gasteiger partial charge in [0, 0.05) is 16.5 Å². The number of nitro benzene ring substituents is 1. The van der Waals surface area contributed by atoms with Crippen LogP contribution in [0.1, 0.15) is 27.4 Å². The van der Waals surface area contributed by atoms with Gasteiger partial charge in [0.2, 0.25) is 0 Å². The maximum Gasteiger partial charge on any atom is 0.411 e. The highest BCUT2D eigenvalue weighted by molar-refractivity contribution is 9.10. The topological polar surface area (TPSA) is 119 Å². The lowest BCUT2D eigenvalue weighted by atomic mass is 9.98. The van der Waals surface area contributed by atoms with Crippen LogP contribution in [0.4, 0.5) is 16.2 Å². The van der Waals surface area contributed by atoms with Crippen molar-refractivity contribution in [2.24, 2.45) is 0 Å². The zero-order valence-electron chi connectivity index (χ0n) is 15.9. The number of benzene rings is 3. The Kier molecular flexibility index (Phi) is 5.43. The number of nitro groups is 1. The monoisotopic (exact) mass is 482 g/mol. The van der Waals surface area contributed by atoms with E-state index in [1.165, 1.54) is 6.07 Å². The number of aromatic carboxylic acids is 1. The summed E-state index contributed by atoms with van der Waals surface area (Å²) in [4.78, 5) is 34.6. The molecule has 8 nitrogen and oxygen atoms in total. The van der Waals surface area contributed by atoms with E-state index in [2.05, 4.69) is 21.2 Å². The maximum atomic E-state index is 12.5. The van der Waals surface area contributed by atoms with Crippen LogP contribution in [-0.2, 0) is 4.74 Å². The zero-order valence-corrected chi connectivity index (χ0v) is 17.5. The third-order valence-electron chi connectivity index (χ3n) is 5.08. The summed E-state index contributed by atoms with van der Waals surface area (Å²) in [5.41, 5.74) is 2.73. The minimum absolute atomic E-state index is 0.00735. The second-order valence-corrected chi connectivity index (χ2v) is 7.78. The number of amides is 1. The van der Waals surface area contributed by atoms with E-state index in [-0.39, 0.29) is 17.0 Å². The van der Waals surface area contributed by atoms with Gasteiger partial charge in [-0.2, -0.15) is 0 Å². The Morgan fingerprint density at radius 2 is 1.65 bits per heavy atom. The molecule has 31 heavy (non-hydrogen) atoms. The third kappa shape index (κ3) is 3.87. The smallest absolute Gasteiger partial charge is 0.411 e. The van der Waals surface area contributed by atoms with Crippen molar-refractivity contribution in [2.75, 3.05) is 11.9 Å². The van der Waals surface area contributed by atoms with Gasteiger partial charge in [0.1, 0.15) is 12.3 Å². The van der Waals surface area contributed by atoms with Crippen molar-refractivity contribution >= 4 is 39.4 Å². The van der Waals surface area contributed by atoms with Gasteiger partial charge in [-0.05, 0) is 28.3 Å². The lowest BCUT2D eigenvalue weighted by molar-refractivity contribution is -0.384. The highest BCUT2D eigenvalue weighted by atomic mass is 79.9. The molecule has 3 aromatic rings. The van der Waals surface area contributed by atoms with Crippen molar-refractivity contribution in [1.82, 2.24) is 0 Å². The number of anilines is 1. The highest BCUT2D eigenvalue weighted by Gasteiger charge is 2.30. The fraction of sp³-hybridized carbons (Fsp3) is 0.0909. The van der Waals surface area contributed by atoms with Crippen LogP contribution in [-0.4, -0.2) is 28.7 Å². The molecule has 0 aromatic heterocycles. The third-order valence-corrected chi connectivity index (χ3v) is 5.54. The van der Waals surface area contributed by atoms with Gasteiger partial charge in [-0.15, -0.1) is 0 Å². The first kappa shape index (κ1) is 20.5. The summed E-state index contributed by atoms with van der Waals surface area (Å²) < 4.78 is 5.57. The molecule has 0 spiro atoms. The van der Waals surface area contributed by atoms with E-state index in [1.54, 1.807) is 0 Å². The average Bonchev–Trinajstić information content (AvgIpc) is 3.06. The molecule has 0 aliphatic heterocycles. The number of nitrogens with zero attached hydrogens (tertiary/aromatic N) is 1. The number of rotatable bonds is 5. The predicted octanol–water partition coefficient (Wildman–Crippen LogP) is 5.42. The largest absolute Gasteiger partial charge is 0.478 e. The van der Waals surface area contributed by atoms with E-state index in [0.29, 0.717) is 0 Å². The van der Waals surface area contributed by atoms with Gasteiger partial charge >= 0.3 is 12.1 Å². The van der Waals surface area contributed by atoms with E-state index in [1.807, 2.05) is 48.5 Å². The SMILES string of the molecule is O=C(Nc1c(C(=O)O)cc(Br)cc1[N+](=O)[O-])OCC1c2ccccc2-c2ccccc21. The van der Waals surface area contributed by atoms with Crippen LogP contribution >= 0.6 is 15.9 Å². The van der Waals surface area contributed by atoms with Gasteiger partial charge in [0.15, 0.2) is 0 Å². The predicted molar refractivity (Wildman–Crippen MR) is 116 cm³/mol. The molecule has 0 fully saturated rings. The van der Waals surface area contributed by atoms with Crippen LogP contribution in [0.5, 0.6) is 0 Å². The molecule has 0 radical (unpaired) electrons. The molecule has 1 amide bonds. The summed E-state index contributed by atoms with van der Waals surface area (Å²) in [6.45, 7) is -0.00735. The molecule has 0 saturated heterocycles. The quantitative estimate of drug-likeness (QED) is 0.370. The van der Waals surface area contributed by atoms with E-state index in [0.717, 1.165) is 28.3 Å². The lowest BCUT2D eigenvalue weighted by Gasteiger charge is -2.15. The second kappa shape index (κ2) is 8.19. The minimum Gasteiger partial charge on any atom is -0.478 e. The molecule has 2 N–H and O–H groups in total.